The Hall–Kier alpha value is -0.0500. The summed E-state index contributed by atoms with van der Waals surface area (Å²) in [7, 11) is 2.03. The van der Waals surface area contributed by atoms with Crippen molar-refractivity contribution in [1.29, 1.82) is 0 Å². The summed E-state index contributed by atoms with van der Waals surface area (Å²) in [5.41, 5.74) is 2.92. The zero-order valence-electron chi connectivity index (χ0n) is 7.81. The molecule has 1 aliphatic heterocycles. The first-order valence-electron chi connectivity index (χ1n) is 4.41. The van der Waals surface area contributed by atoms with Crippen molar-refractivity contribution in [1.82, 2.24) is 10.2 Å². The Balaban J connectivity index is 2.28. The molecule has 1 fully saturated rings. The molecule has 1 N–H and O–H groups in total. The highest BCUT2D eigenvalue weighted by molar-refractivity contribution is 6.25. The van der Waals surface area contributed by atoms with Crippen molar-refractivity contribution in [2.24, 2.45) is 0 Å². The summed E-state index contributed by atoms with van der Waals surface area (Å²) in [6.45, 7) is 5.42. The van der Waals surface area contributed by atoms with Crippen LogP contribution >= 0.6 is 11.6 Å². The number of nitrogens with one attached hydrogen (secondary N) is 1. The quantitative estimate of drug-likeness (QED) is 0.721. The normalized spacial score (nSPS) is 26.6. The van der Waals surface area contributed by atoms with Gasteiger partial charge in [0.1, 0.15) is 0 Å². The SMILES string of the molecule is CNC1CCN(C/C(C)=C/Cl)C1. The van der Waals surface area contributed by atoms with Gasteiger partial charge in [0.25, 0.3) is 0 Å². The van der Waals surface area contributed by atoms with Crippen molar-refractivity contribution >= 4 is 11.6 Å². The molecule has 0 bridgehead atoms. The second kappa shape index (κ2) is 4.85. The lowest BCUT2D eigenvalue weighted by atomic mass is 10.3. The highest BCUT2D eigenvalue weighted by Crippen LogP contribution is 2.10. The predicted molar refractivity (Wildman–Crippen MR) is 53.5 cm³/mol. The molecule has 0 saturated carbocycles. The van der Waals surface area contributed by atoms with E-state index in [1.165, 1.54) is 18.5 Å². The molecule has 0 aromatic rings. The van der Waals surface area contributed by atoms with E-state index in [1.54, 1.807) is 5.54 Å². The fraction of sp³-hybridized carbons (Fsp3) is 0.778. The largest absolute Gasteiger partial charge is 0.316 e. The van der Waals surface area contributed by atoms with E-state index in [2.05, 4.69) is 17.1 Å². The van der Waals surface area contributed by atoms with Crippen LogP contribution in [0.1, 0.15) is 13.3 Å². The molecule has 3 heteroatoms. The third-order valence-corrected chi connectivity index (χ3v) is 2.71. The van der Waals surface area contributed by atoms with Gasteiger partial charge in [0, 0.05) is 31.2 Å². The van der Waals surface area contributed by atoms with Crippen molar-refractivity contribution in [3.8, 4) is 0 Å². The van der Waals surface area contributed by atoms with Crippen molar-refractivity contribution in [2.45, 2.75) is 19.4 Å². The second-order valence-corrected chi connectivity index (χ2v) is 3.68. The van der Waals surface area contributed by atoms with E-state index in [0.717, 1.165) is 13.1 Å². The van der Waals surface area contributed by atoms with E-state index in [-0.39, 0.29) is 0 Å². The minimum Gasteiger partial charge on any atom is -0.316 e. The Labute approximate surface area is 79.6 Å². The lowest BCUT2D eigenvalue weighted by molar-refractivity contribution is 0.358. The Kier molecular flexibility index (Phi) is 4.06. The average Bonchev–Trinajstić information content (AvgIpc) is 2.52. The van der Waals surface area contributed by atoms with Crippen molar-refractivity contribution in [3.63, 3.8) is 0 Å². The summed E-state index contributed by atoms with van der Waals surface area (Å²) in [4.78, 5) is 2.43. The fourth-order valence-electron chi connectivity index (χ4n) is 1.60. The summed E-state index contributed by atoms with van der Waals surface area (Å²) >= 11 is 5.60. The molecular weight excluding hydrogens is 172 g/mol. The van der Waals surface area contributed by atoms with Crippen LogP contribution in [0.2, 0.25) is 0 Å². The molecular formula is C9H17ClN2. The number of rotatable bonds is 3. The van der Waals surface area contributed by atoms with E-state index < -0.39 is 0 Å². The predicted octanol–water partition coefficient (Wildman–Crippen LogP) is 1.42. The molecule has 1 rings (SSSR count). The first-order valence-corrected chi connectivity index (χ1v) is 4.85. The van der Waals surface area contributed by atoms with Gasteiger partial charge in [0.2, 0.25) is 0 Å². The van der Waals surface area contributed by atoms with Gasteiger partial charge >= 0.3 is 0 Å². The summed E-state index contributed by atoms with van der Waals surface area (Å²) in [5, 5.41) is 3.29. The summed E-state index contributed by atoms with van der Waals surface area (Å²) in [6, 6.07) is 0.674. The average molecular weight is 189 g/mol. The molecule has 1 saturated heterocycles. The van der Waals surface area contributed by atoms with Gasteiger partial charge in [-0.25, -0.2) is 0 Å². The van der Waals surface area contributed by atoms with Gasteiger partial charge in [-0.05, 0) is 26.0 Å². The Morgan fingerprint density at radius 2 is 2.50 bits per heavy atom. The minimum absolute atomic E-state index is 0.674. The van der Waals surface area contributed by atoms with Gasteiger partial charge in [0.15, 0.2) is 0 Å². The van der Waals surface area contributed by atoms with Gasteiger partial charge in [-0.1, -0.05) is 11.6 Å². The van der Waals surface area contributed by atoms with Crippen molar-refractivity contribution in [3.05, 3.63) is 11.1 Å². The number of nitrogens with zero attached hydrogens (tertiary/aromatic N) is 1. The molecule has 0 aromatic heterocycles. The van der Waals surface area contributed by atoms with Crippen LogP contribution in [-0.2, 0) is 0 Å². The molecule has 1 unspecified atom stereocenters. The monoisotopic (exact) mass is 188 g/mol. The molecule has 12 heavy (non-hydrogen) atoms. The van der Waals surface area contributed by atoms with E-state index in [0.29, 0.717) is 6.04 Å². The van der Waals surface area contributed by atoms with Crippen LogP contribution in [0.3, 0.4) is 0 Å². The number of hydrogen-bond acceptors (Lipinski definition) is 2. The van der Waals surface area contributed by atoms with E-state index in [1.807, 2.05) is 7.05 Å². The third-order valence-electron chi connectivity index (χ3n) is 2.34. The van der Waals surface area contributed by atoms with Gasteiger partial charge in [-0.15, -0.1) is 0 Å². The number of hydrogen-bond donors (Lipinski definition) is 1. The van der Waals surface area contributed by atoms with Crippen molar-refractivity contribution in [2.75, 3.05) is 26.7 Å². The summed E-state index contributed by atoms with van der Waals surface area (Å²) in [5.74, 6) is 0. The van der Waals surface area contributed by atoms with Crippen molar-refractivity contribution < 1.29 is 0 Å². The van der Waals surface area contributed by atoms with Gasteiger partial charge < -0.3 is 5.32 Å². The molecule has 0 aromatic carbocycles. The van der Waals surface area contributed by atoms with Crippen LogP contribution in [-0.4, -0.2) is 37.6 Å². The smallest absolute Gasteiger partial charge is 0.0204 e. The maximum Gasteiger partial charge on any atom is 0.0204 e. The topological polar surface area (TPSA) is 15.3 Å². The first-order chi connectivity index (χ1) is 5.76. The third kappa shape index (κ3) is 2.77. The molecule has 70 valence electrons. The summed E-state index contributed by atoms with van der Waals surface area (Å²) < 4.78 is 0. The van der Waals surface area contributed by atoms with Gasteiger partial charge in [-0.3, -0.25) is 4.90 Å². The second-order valence-electron chi connectivity index (χ2n) is 3.46. The molecule has 1 atom stereocenters. The zero-order chi connectivity index (χ0) is 8.97. The molecule has 0 spiro atoms. The molecule has 0 amide bonds. The van der Waals surface area contributed by atoms with Gasteiger partial charge in [-0.2, -0.15) is 0 Å². The van der Waals surface area contributed by atoms with Crippen LogP contribution in [0.25, 0.3) is 0 Å². The standard InChI is InChI=1S/C9H17ClN2/c1-8(5-10)6-12-4-3-9(7-12)11-2/h5,9,11H,3-4,6-7H2,1-2H3/b8-5+. The van der Waals surface area contributed by atoms with Crippen LogP contribution in [0, 0.1) is 0 Å². The Morgan fingerprint density at radius 3 is 3.00 bits per heavy atom. The van der Waals surface area contributed by atoms with Crippen LogP contribution in [0.15, 0.2) is 11.1 Å². The van der Waals surface area contributed by atoms with E-state index in [9.17, 15) is 0 Å². The van der Waals surface area contributed by atoms with Gasteiger partial charge in [0.05, 0.1) is 0 Å². The maximum absolute atomic E-state index is 5.60. The molecule has 2 nitrogen and oxygen atoms in total. The number of likely N-dealkylation sites (N-methyl/N-ethyl adjacent to an activating group) is 1. The Morgan fingerprint density at radius 1 is 1.75 bits per heavy atom. The highest BCUT2D eigenvalue weighted by Gasteiger charge is 2.20. The number of likely N-dealkylation sites (tertiary alicyclic amines) is 1. The number of halogens is 1. The lowest BCUT2D eigenvalue weighted by Gasteiger charge is -2.15. The van der Waals surface area contributed by atoms with Crippen LogP contribution < -0.4 is 5.32 Å². The molecule has 1 heterocycles. The van der Waals surface area contributed by atoms with Crippen LogP contribution in [0.5, 0.6) is 0 Å². The zero-order valence-corrected chi connectivity index (χ0v) is 8.56. The molecule has 1 aliphatic rings. The van der Waals surface area contributed by atoms with E-state index in [4.69, 9.17) is 11.6 Å². The molecule has 0 radical (unpaired) electrons. The van der Waals surface area contributed by atoms with Crippen LogP contribution in [0.4, 0.5) is 0 Å². The maximum atomic E-state index is 5.60. The Bertz CT molecular complexity index is 168. The fourth-order valence-corrected chi connectivity index (χ4v) is 1.67. The minimum atomic E-state index is 0.674. The lowest BCUT2D eigenvalue weighted by Crippen LogP contribution is -2.30. The highest BCUT2D eigenvalue weighted by atomic mass is 35.5. The summed E-state index contributed by atoms with van der Waals surface area (Å²) in [6.07, 6.45) is 1.26. The first kappa shape index (κ1) is 10.0. The van der Waals surface area contributed by atoms with E-state index >= 15 is 0 Å². The molecule has 0 aliphatic carbocycles.